The first-order chi connectivity index (χ1) is 8.60. The van der Waals surface area contributed by atoms with E-state index in [2.05, 4.69) is 17.2 Å². The van der Waals surface area contributed by atoms with Gasteiger partial charge in [-0.15, -0.1) is 11.3 Å². The van der Waals surface area contributed by atoms with Gasteiger partial charge in [0.2, 0.25) is 0 Å². The lowest BCUT2D eigenvalue weighted by Crippen LogP contribution is -2.26. The Morgan fingerprint density at radius 3 is 2.94 bits per heavy atom. The van der Waals surface area contributed by atoms with Crippen LogP contribution in [0.5, 0.6) is 0 Å². The molecule has 0 saturated heterocycles. The normalized spacial score (nSPS) is 12.4. The molecule has 2 rings (SSSR count). The van der Waals surface area contributed by atoms with Crippen LogP contribution in [0.1, 0.15) is 40.3 Å². The van der Waals surface area contributed by atoms with Crippen LogP contribution in [0.3, 0.4) is 0 Å². The summed E-state index contributed by atoms with van der Waals surface area (Å²) in [5.74, 6) is -0.0817. The number of hydrogen-bond donors (Lipinski definition) is 1. The molecule has 1 N–H and O–H groups in total. The summed E-state index contributed by atoms with van der Waals surface area (Å²) in [5, 5.41) is 3.91. The first-order valence-corrected chi connectivity index (χ1v) is 6.80. The highest BCUT2D eigenvalue weighted by Crippen LogP contribution is 2.21. The number of amides is 1. The molecule has 2 aromatic rings. The topological polar surface area (TPSA) is 55.1 Å². The zero-order valence-electron chi connectivity index (χ0n) is 10.1. The molecule has 2 aromatic heterocycles. The number of furan rings is 1. The fraction of sp³-hybridized carbons (Fsp3) is 0.333. The van der Waals surface area contributed by atoms with E-state index in [-0.39, 0.29) is 22.9 Å². The number of rotatable bonds is 4. The number of aromatic nitrogens is 1. The van der Waals surface area contributed by atoms with Crippen LogP contribution in [0.25, 0.3) is 0 Å². The second kappa shape index (κ2) is 5.54. The summed E-state index contributed by atoms with van der Waals surface area (Å²) in [4.78, 5) is 17.3. The maximum absolute atomic E-state index is 11.8. The van der Waals surface area contributed by atoms with Gasteiger partial charge in [0.25, 0.3) is 5.91 Å². The van der Waals surface area contributed by atoms with E-state index in [0.717, 1.165) is 11.4 Å². The molecule has 1 unspecified atom stereocenters. The van der Waals surface area contributed by atoms with E-state index in [1.54, 1.807) is 23.5 Å². The molecular weight excluding hydrogens is 272 g/mol. The Balaban J connectivity index is 2.02. The van der Waals surface area contributed by atoms with E-state index in [4.69, 9.17) is 16.0 Å². The minimum atomic E-state index is -0.289. The molecule has 96 valence electrons. The molecule has 0 radical (unpaired) electrons. The molecule has 0 aliphatic heterocycles. The summed E-state index contributed by atoms with van der Waals surface area (Å²) >= 11 is 7.22. The average Bonchev–Trinajstić information content (AvgIpc) is 2.97. The fourth-order valence-electron chi connectivity index (χ4n) is 1.45. The lowest BCUT2D eigenvalue weighted by molar-refractivity contribution is 0.0912. The molecule has 0 bridgehead atoms. The van der Waals surface area contributed by atoms with Crippen molar-refractivity contribution in [3.05, 3.63) is 39.2 Å². The Morgan fingerprint density at radius 1 is 1.61 bits per heavy atom. The Morgan fingerprint density at radius 2 is 2.39 bits per heavy atom. The summed E-state index contributed by atoms with van der Waals surface area (Å²) in [6.07, 6.45) is 2.79. The highest BCUT2D eigenvalue weighted by Gasteiger charge is 2.16. The highest BCUT2D eigenvalue weighted by atomic mass is 35.5. The molecule has 2 heterocycles. The summed E-state index contributed by atoms with van der Waals surface area (Å²) in [6, 6.07) is 2.94. The molecule has 0 spiro atoms. The van der Waals surface area contributed by atoms with Gasteiger partial charge >= 0.3 is 0 Å². The Bertz CT molecular complexity index is 550. The zero-order valence-corrected chi connectivity index (χ0v) is 11.6. The molecule has 1 atom stereocenters. The third kappa shape index (κ3) is 2.91. The van der Waals surface area contributed by atoms with Crippen molar-refractivity contribution in [3.63, 3.8) is 0 Å². The number of aryl methyl sites for hydroxylation is 1. The maximum Gasteiger partial charge on any atom is 0.287 e. The lowest BCUT2D eigenvalue weighted by Gasteiger charge is -2.09. The minimum Gasteiger partial charge on any atom is -0.440 e. The van der Waals surface area contributed by atoms with Crippen LogP contribution in [0, 0.1) is 0 Å². The molecule has 6 heteroatoms. The van der Waals surface area contributed by atoms with Gasteiger partial charge in [-0.05, 0) is 37.1 Å². The summed E-state index contributed by atoms with van der Waals surface area (Å²) < 4.78 is 5.04. The predicted molar refractivity (Wildman–Crippen MR) is 71.1 cm³/mol. The van der Waals surface area contributed by atoms with Gasteiger partial charge < -0.3 is 9.73 Å². The minimum absolute atomic E-state index is 0.147. The Labute approximate surface area is 114 Å². The average molecular weight is 285 g/mol. The molecule has 0 fully saturated rings. The van der Waals surface area contributed by atoms with Crippen LogP contribution in [-0.2, 0) is 6.42 Å². The number of carbonyl (C=O) groups is 1. The van der Waals surface area contributed by atoms with Crippen LogP contribution in [0.2, 0.25) is 5.22 Å². The summed E-state index contributed by atoms with van der Waals surface area (Å²) in [7, 11) is 0. The number of nitrogens with zero attached hydrogens (tertiary/aromatic N) is 1. The SMILES string of the molecule is CCc1cnc(C(C)NC(=O)c2ccc(Cl)o2)s1. The van der Waals surface area contributed by atoms with Gasteiger partial charge in [0.1, 0.15) is 5.01 Å². The third-order valence-electron chi connectivity index (χ3n) is 2.43. The maximum atomic E-state index is 11.8. The Kier molecular flexibility index (Phi) is 4.04. The molecule has 18 heavy (non-hydrogen) atoms. The number of thiazole rings is 1. The predicted octanol–water partition coefficient (Wildman–Crippen LogP) is 3.44. The van der Waals surface area contributed by atoms with Crippen LogP contribution >= 0.6 is 22.9 Å². The van der Waals surface area contributed by atoms with Crippen LogP contribution in [0.4, 0.5) is 0 Å². The smallest absolute Gasteiger partial charge is 0.287 e. The lowest BCUT2D eigenvalue weighted by atomic mass is 10.3. The highest BCUT2D eigenvalue weighted by molar-refractivity contribution is 7.11. The van der Waals surface area contributed by atoms with E-state index >= 15 is 0 Å². The first kappa shape index (κ1) is 13.1. The van der Waals surface area contributed by atoms with Crippen molar-refractivity contribution in [1.82, 2.24) is 10.3 Å². The standard InChI is InChI=1S/C12H13ClN2O2S/c1-3-8-6-14-12(18-8)7(2)15-11(16)9-4-5-10(13)17-9/h4-7H,3H2,1-2H3,(H,15,16). The van der Waals surface area contributed by atoms with Crippen LogP contribution in [0.15, 0.2) is 22.7 Å². The van der Waals surface area contributed by atoms with E-state index in [1.807, 2.05) is 13.1 Å². The van der Waals surface area contributed by atoms with Gasteiger partial charge in [0, 0.05) is 11.1 Å². The Hall–Kier alpha value is -1.33. The van der Waals surface area contributed by atoms with Crippen molar-refractivity contribution in [2.75, 3.05) is 0 Å². The van der Waals surface area contributed by atoms with Crippen LogP contribution < -0.4 is 5.32 Å². The number of hydrogen-bond acceptors (Lipinski definition) is 4. The molecule has 0 aliphatic carbocycles. The van der Waals surface area contributed by atoms with E-state index in [1.165, 1.54) is 4.88 Å². The summed E-state index contributed by atoms with van der Waals surface area (Å²) in [5.41, 5.74) is 0. The van der Waals surface area contributed by atoms with Gasteiger partial charge in [0.15, 0.2) is 11.0 Å². The molecular formula is C12H13ClN2O2S. The van der Waals surface area contributed by atoms with Gasteiger partial charge in [0.05, 0.1) is 6.04 Å². The second-order valence-electron chi connectivity index (χ2n) is 3.82. The first-order valence-electron chi connectivity index (χ1n) is 5.61. The van der Waals surface area contributed by atoms with Crippen molar-refractivity contribution in [1.29, 1.82) is 0 Å². The van der Waals surface area contributed by atoms with Gasteiger partial charge in [-0.2, -0.15) is 0 Å². The van der Waals surface area contributed by atoms with Crippen LogP contribution in [-0.4, -0.2) is 10.9 Å². The number of halogens is 1. The largest absolute Gasteiger partial charge is 0.440 e. The van der Waals surface area contributed by atoms with Gasteiger partial charge in [-0.1, -0.05) is 6.92 Å². The fourth-order valence-corrected chi connectivity index (χ4v) is 2.46. The second-order valence-corrected chi connectivity index (χ2v) is 5.34. The molecule has 0 aliphatic rings. The summed E-state index contributed by atoms with van der Waals surface area (Å²) in [6.45, 7) is 3.96. The van der Waals surface area contributed by atoms with E-state index in [0.29, 0.717) is 0 Å². The van der Waals surface area contributed by atoms with Crippen molar-refractivity contribution in [2.45, 2.75) is 26.3 Å². The third-order valence-corrected chi connectivity index (χ3v) is 3.96. The molecule has 0 aromatic carbocycles. The van der Waals surface area contributed by atoms with Crippen molar-refractivity contribution < 1.29 is 9.21 Å². The molecule has 1 amide bonds. The van der Waals surface area contributed by atoms with Crippen molar-refractivity contribution >= 4 is 28.8 Å². The van der Waals surface area contributed by atoms with Gasteiger partial charge in [-0.25, -0.2) is 4.98 Å². The number of nitrogens with one attached hydrogen (secondary N) is 1. The van der Waals surface area contributed by atoms with E-state index < -0.39 is 0 Å². The van der Waals surface area contributed by atoms with Gasteiger partial charge in [-0.3, -0.25) is 4.79 Å². The zero-order chi connectivity index (χ0) is 13.1. The van der Waals surface area contributed by atoms with E-state index in [9.17, 15) is 4.79 Å². The molecule has 0 saturated carbocycles. The monoisotopic (exact) mass is 284 g/mol. The van der Waals surface area contributed by atoms with Crippen molar-refractivity contribution in [3.8, 4) is 0 Å². The quantitative estimate of drug-likeness (QED) is 0.936. The molecule has 4 nitrogen and oxygen atoms in total. The number of carbonyl (C=O) groups excluding carboxylic acids is 1. The van der Waals surface area contributed by atoms with Crippen molar-refractivity contribution in [2.24, 2.45) is 0 Å².